The van der Waals surface area contributed by atoms with Crippen molar-refractivity contribution in [3.05, 3.63) is 41.0 Å². The normalized spacial score (nSPS) is 20.0. The van der Waals surface area contributed by atoms with Crippen molar-refractivity contribution in [2.45, 2.75) is 18.9 Å². The Kier molecular flexibility index (Phi) is 5.05. The molecular weight excluding hydrogens is 434 g/mol. The highest BCUT2D eigenvalue weighted by Crippen LogP contribution is 2.27. The van der Waals surface area contributed by atoms with Crippen LogP contribution in [-0.2, 0) is 4.74 Å². The number of nitrogens with zero attached hydrogens (tertiary/aromatic N) is 4. The number of amides is 2. The van der Waals surface area contributed by atoms with Crippen molar-refractivity contribution in [2.24, 2.45) is 0 Å². The van der Waals surface area contributed by atoms with Crippen LogP contribution in [0.15, 0.2) is 41.0 Å². The Labute approximate surface area is 177 Å². The molecule has 0 radical (unpaired) electrons. The predicted octanol–water partition coefficient (Wildman–Crippen LogP) is 3.26. The number of hydrogen-bond acceptors (Lipinski definition) is 4. The van der Waals surface area contributed by atoms with E-state index in [2.05, 4.69) is 54.9 Å². The van der Waals surface area contributed by atoms with E-state index in [1.54, 1.807) is 0 Å². The third-order valence-electron chi connectivity index (χ3n) is 5.77. The van der Waals surface area contributed by atoms with Crippen molar-refractivity contribution in [1.29, 1.82) is 0 Å². The van der Waals surface area contributed by atoms with Crippen LogP contribution < -0.4 is 10.2 Å². The molecule has 0 aliphatic carbocycles. The first-order valence-electron chi connectivity index (χ1n) is 10.1. The third-order valence-corrected chi connectivity index (χ3v) is 6.27. The minimum Gasteiger partial charge on any atom is -0.376 e. The van der Waals surface area contributed by atoms with Gasteiger partial charge in [0.05, 0.1) is 22.7 Å². The number of hydrogen-bond donors (Lipinski definition) is 1. The molecule has 2 amide bonds. The standard InChI is InChI=1S/C21H24BrN5O2/c22-15-5-6-18-17(13-15)24-20(19-4-1-7-27(18)19)25-8-10-26(11-9-25)21(28)23-14-16-3-2-12-29-16/h1,4-7,13,16H,2-3,8-12,14H2,(H,23,28)/t16-/m0/s1. The number of carbonyl (C=O) groups excluding carboxylic acids is 1. The second-order valence-corrected chi connectivity index (χ2v) is 8.54. The molecular formula is C21H24BrN5O2. The van der Waals surface area contributed by atoms with Gasteiger partial charge in [0.25, 0.3) is 0 Å². The molecule has 0 unspecified atom stereocenters. The van der Waals surface area contributed by atoms with Gasteiger partial charge in [-0.05, 0) is 43.2 Å². The molecule has 3 aromatic rings. The first-order chi connectivity index (χ1) is 14.2. The number of rotatable bonds is 3. The van der Waals surface area contributed by atoms with Crippen LogP contribution in [0, 0.1) is 0 Å². The van der Waals surface area contributed by atoms with E-state index >= 15 is 0 Å². The minimum atomic E-state index is 0.00313. The Morgan fingerprint density at radius 1 is 1.21 bits per heavy atom. The number of nitrogens with one attached hydrogen (secondary N) is 1. The van der Waals surface area contributed by atoms with Gasteiger partial charge in [0.15, 0.2) is 5.82 Å². The zero-order chi connectivity index (χ0) is 19.8. The van der Waals surface area contributed by atoms with Gasteiger partial charge in [-0.25, -0.2) is 9.78 Å². The van der Waals surface area contributed by atoms with E-state index in [-0.39, 0.29) is 12.1 Å². The van der Waals surface area contributed by atoms with Crippen LogP contribution in [-0.4, -0.2) is 65.8 Å². The summed E-state index contributed by atoms with van der Waals surface area (Å²) in [5.41, 5.74) is 3.13. The summed E-state index contributed by atoms with van der Waals surface area (Å²) in [6.07, 6.45) is 4.36. The second-order valence-electron chi connectivity index (χ2n) is 7.63. The Balaban J connectivity index is 1.30. The molecule has 5 rings (SSSR count). The Morgan fingerprint density at radius 3 is 2.86 bits per heavy atom. The summed E-state index contributed by atoms with van der Waals surface area (Å²) in [4.78, 5) is 21.6. The molecule has 0 bridgehead atoms. The molecule has 2 saturated heterocycles. The lowest BCUT2D eigenvalue weighted by molar-refractivity contribution is 0.108. The van der Waals surface area contributed by atoms with Crippen LogP contribution in [0.4, 0.5) is 10.6 Å². The quantitative estimate of drug-likeness (QED) is 0.655. The van der Waals surface area contributed by atoms with Crippen molar-refractivity contribution in [2.75, 3.05) is 44.2 Å². The molecule has 8 heteroatoms. The molecule has 29 heavy (non-hydrogen) atoms. The molecule has 1 N–H and O–H groups in total. The van der Waals surface area contributed by atoms with Crippen molar-refractivity contribution in [3.8, 4) is 0 Å². The van der Waals surface area contributed by atoms with Gasteiger partial charge in [0.1, 0.15) is 0 Å². The smallest absolute Gasteiger partial charge is 0.317 e. The van der Waals surface area contributed by atoms with Crippen molar-refractivity contribution in [1.82, 2.24) is 19.6 Å². The molecule has 0 saturated carbocycles. The number of anilines is 1. The van der Waals surface area contributed by atoms with E-state index in [1.165, 1.54) is 0 Å². The molecule has 2 aliphatic rings. The topological polar surface area (TPSA) is 62.1 Å². The fraction of sp³-hybridized carbons (Fsp3) is 0.429. The minimum absolute atomic E-state index is 0.00313. The highest BCUT2D eigenvalue weighted by Gasteiger charge is 2.25. The monoisotopic (exact) mass is 457 g/mol. The van der Waals surface area contributed by atoms with Crippen LogP contribution in [0.3, 0.4) is 0 Å². The number of benzene rings is 1. The number of aromatic nitrogens is 2. The van der Waals surface area contributed by atoms with Gasteiger partial charge < -0.3 is 24.3 Å². The summed E-state index contributed by atoms with van der Waals surface area (Å²) in [6.45, 7) is 4.31. The van der Waals surface area contributed by atoms with Crippen molar-refractivity contribution < 1.29 is 9.53 Å². The highest BCUT2D eigenvalue weighted by atomic mass is 79.9. The summed E-state index contributed by atoms with van der Waals surface area (Å²) in [5.74, 6) is 0.972. The molecule has 152 valence electrons. The lowest BCUT2D eigenvalue weighted by Gasteiger charge is -2.36. The van der Waals surface area contributed by atoms with Gasteiger partial charge in [-0.2, -0.15) is 0 Å². The number of urea groups is 1. The average molecular weight is 458 g/mol. The maximum absolute atomic E-state index is 12.5. The van der Waals surface area contributed by atoms with Crippen LogP contribution in [0.5, 0.6) is 0 Å². The lowest BCUT2D eigenvalue weighted by Crippen LogP contribution is -2.52. The van der Waals surface area contributed by atoms with Gasteiger partial charge in [0.2, 0.25) is 0 Å². The molecule has 2 aromatic heterocycles. The zero-order valence-electron chi connectivity index (χ0n) is 16.2. The largest absolute Gasteiger partial charge is 0.376 e. The SMILES string of the molecule is O=C(NC[C@@H]1CCCO1)N1CCN(c2nc3cc(Br)ccc3n3cccc23)CC1. The first-order valence-corrected chi connectivity index (χ1v) is 10.9. The number of halogens is 1. The average Bonchev–Trinajstić information content (AvgIpc) is 3.43. The van der Waals surface area contributed by atoms with E-state index in [0.717, 1.165) is 59.4 Å². The second kappa shape index (κ2) is 7.84. The molecule has 7 nitrogen and oxygen atoms in total. The lowest BCUT2D eigenvalue weighted by atomic mass is 10.2. The van der Waals surface area contributed by atoms with Crippen molar-refractivity contribution in [3.63, 3.8) is 0 Å². The Hall–Kier alpha value is -2.32. The van der Waals surface area contributed by atoms with Gasteiger partial charge in [-0.1, -0.05) is 15.9 Å². The van der Waals surface area contributed by atoms with Crippen LogP contribution in [0.1, 0.15) is 12.8 Å². The van der Waals surface area contributed by atoms with Crippen molar-refractivity contribution >= 4 is 44.3 Å². The summed E-state index contributed by atoms with van der Waals surface area (Å²) >= 11 is 3.55. The fourth-order valence-electron chi connectivity index (χ4n) is 4.21. The van der Waals surface area contributed by atoms with Gasteiger partial charge >= 0.3 is 6.03 Å². The first kappa shape index (κ1) is 18.7. The van der Waals surface area contributed by atoms with E-state index < -0.39 is 0 Å². The van der Waals surface area contributed by atoms with Crippen LogP contribution in [0.2, 0.25) is 0 Å². The summed E-state index contributed by atoms with van der Waals surface area (Å²) in [6, 6.07) is 10.3. The van der Waals surface area contributed by atoms with Crippen LogP contribution >= 0.6 is 15.9 Å². The fourth-order valence-corrected chi connectivity index (χ4v) is 4.56. The van der Waals surface area contributed by atoms with E-state index in [4.69, 9.17) is 9.72 Å². The van der Waals surface area contributed by atoms with E-state index in [0.29, 0.717) is 19.6 Å². The molecule has 2 aliphatic heterocycles. The highest BCUT2D eigenvalue weighted by molar-refractivity contribution is 9.10. The van der Waals surface area contributed by atoms with E-state index in [9.17, 15) is 4.79 Å². The Morgan fingerprint density at radius 2 is 2.07 bits per heavy atom. The summed E-state index contributed by atoms with van der Waals surface area (Å²) < 4.78 is 8.79. The molecule has 2 fully saturated rings. The van der Waals surface area contributed by atoms with Gasteiger partial charge in [-0.3, -0.25) is 0 Å². The maximum atomic E-state index is 12.5. The maximum Gasteiger partial charge on any atom is 0.317 e. The number of fused-ring (bicyclic) bond motifs is 3. The zero-order valence-corrected chi connectivity index (χ0v) is 17.8. The molecule has 4 heterocycles. The molecule has 0 spiro atoms. The molecule has 1 aromatic carbocycles. The molecule has 1 atom stereocenters. The predicted molar refractivity (Wildman–Crippen MR) is 117 cm³/mol. The number of piperazine rings is 1. The summed E-state index contributed by atoms with van der Waals surface area (Å²) in [7, 11) is 0. The number of ether oxygens (including phenoxy) is 1. The summed E-state index contributed by atoms with van der Waals surface area (Å²) in [5, 5.41) is 3.02. The van der Waals surface area contributed by atoms with Gasteiger partial charge in [-0.15, -0.1) is 0 Å². The Bertz CT molecular complexity index is 1040. The third kappa shape index (κ3) is 3.67. The number of carbonyl (C=O) groups is 1. The van der Waals surface area contributed by atoms with E-state index in [1.807, 2.05) is 17.0 Å². The van der Waals surface area contributed by atoms with Gasteiger partial charge in [0, 0.05) is 50.0 Å². The van der Waals surface area contributed by atoms with Crippen LogP contribution in [0.25, 0.3) is 16.6 Å².